The average molecular weight is 323 g/mol. The van der Waals surface area contributed by atoms with Gasteiger partial charge in [-0.05, 0) is 72.1 Å². The lowest BCUT2D eigenvalue weighted by atomic mass is 9.78. The van der Waals surface area contributed by atoms with Gasteiger partial charge in [-0.25, -0.2) is 0 Å². The molecule has 0 aromatic carbocycles. The van der Waals surface area contributed by atoms with Gasteiger partial charge in [0.2, 0.25) is 5.91 Å². The number of hydrogen-bond donors (Lipinski definition) is 2. The van der Waals surface area contributed by atoms with Crippen LogP contribution in [0.2, 0.25) is 0 Å². The van der Waals surface area contributed by atoms with Gasteiger partial charge >= 0.3 is 0 Å². The molecule has 2 N–H and O–H groups in total. The van der Waals surface area contributed by atoms with E-state index < -0.39 is 0 Å². The van der Waals surface area contributed by atoms with E-state index in [-0.39, 0.29) is 17.0 Å². The molecule has 1 amide bonds. The van der Waals surface area contributed by atoms with E-state index in [4.69, 9.17) is 0 Å². The van der Waals surface area contributed by atoms with Crippen LogP contribution < -0.4 is 10.6 Å². The van der Waals surface area contributed by atoms with Crippen LogP contribution in [0.3, 0.4) is 0 Å². The molecule has 1 saturated carbocycles. The van der Waals surface area contributed by atoms with E-state index in [1.54, 1.807) is 0 Å². The average Bonchev–Trinajstić information content (AvgIpc) is 2.42. The van der Waals surface area contributed by atoms with E-state index in [0.29, 0.717) is 11.9 Å². The number of nitrogens with one attached hydrogen (secondary N) is 2. The zero-order chi connectivity index (χ0) is 17.1. The number of rotatable bonds is 5. The highest BCUT2D eigenvalue weighted by molar-refractivity contribution is 5.79. The van der Waals surface area contributed by atoms with Crippen molar-refractivity contribution in [3.63, 3.8) is 0 Å². The molecular weight excluding hydrogens is 284 g/mol. The fourth-order valence-corrected chi connectivity index (χ4v) is 4.95. The largest absolute Gasteiger partial charge is 0.353 e. The topological polar surface area (TPSA) is 41.1 Å². The maximum atomic E-state index is 12.7. The fourth-order valence-electron chi connectivity index (χ4n) is 4.95. The predicted octanol–water partition coefficient (Wildman–Crippen LogP) is 4.41. The SMILES string of the molecule is CCCCC1CCC(C(=O)NC2CC(C)(C)NC(C)(C)C2)CC1. The van der Waals surface area contributed by atoms with Crippen LogP contribution in [0.1, 0.15) is 92.4 Å². The first kappa shape index (κ1) is 18.8. The zero-order valence-electron chi connectivity index (χ0n) is 16.0. The maximum absolute atomic E-state index is 12.7. The lowest BCUT2D eigenvalue weighted by molar-refractivity contribution is -0.127. The number of unbranched alkanes of at least 4 members (excludes halogenated alkanes) is 1. The molecule has 3 heteroatoms. The van der Waals surface area contributed by atoms with E-state index in [9.17, 15) is 4.79 Å². The van der Waals surface area contributed by atoms with Crippen molar-refractivity contribution in [1.82, 2.24) is 10.6 Å². The molecule has 0 bridgehead atoms. The molecule has 1 heterocycles. The molecule has 0 unspecified atom stereocenters. The molecule has 2 aliphatic rings. The molecular formula is C20H38N2O. The summed E-state index contributed by atoms with van der Waals surface area (Å²) in [7, 11) is 0. The van der Waals surface area contributed by atoms with Crippen molar-refractivity contribution in [3.8, 4) is 0 Å². The highest BCUT2D eigenvalue weighted by Gasteiger charge is 2.39. The van der Waals surface area contributed by atoms with Crippen LogP contribution in [-0.2, 0) is 4.79 Å². The summed E-state index contributed by atoms with van der Waals surface area (Å²) in [5.41, 5.74) is 0.190. The highest BCUT2D eigenvalue weighted by atomic mass is 16.1. The molecule has 1 saturated heterocycles. The summed E-state index contributed by atoms with van der Waals surface area (Å²) < 4.78 is 0. The van der Waals surface area contributed by atoms with Crippen LogP contribution in [0.4, 0.5) is 0 Å². The Morgan fingerprint density at radius 2 is 1.61 bits per heavy atom. The van der Waals surface area contributed by atoms with Gasteiger partial charge in [0.1, 0.15) is 0 Å². The normalized spacial score (nSPS) is 30.8. The predicted molar refractivity (Wildman–Crippen MR) is 97.4 cm³/mol. The van der Waals surface area contributed by atoms with Crippen LogP contribution >= 0.6 is 0 Å². The second-order valence-electron chi connectivity index (χ2n) is 9.37. The Morgan fingerprint density at radius 1 is 1.04 bits per heavy atom. The quantitative estimate of drug-likeness (QED) is 0.787. The smallest absolute Gasteiger partial charge is 0.223 e. The standard InChI is InChI=1S/C20H38N2O/c1-6-7-8-15-9-11-16(12-10-15)18(23)21-17-13-19(2,3)22-20(4,5)14-17/h15-17,22H,6-14H2,1-5H3,(H,21,23). The van der Waals surface area contributed by atoms with Gasteiger partial charge in [0.15, 0.2) is 0 Å². The monoisotopic (exact) mass is 322 g/mol. The molecule has 0 atom stereocenters. The highest BCUT2D eigenvalue weighted by Crippen LogP contribution is 2.33. The number of hydrogen-bond acceptors (Lipinski definition) is 2. The minimum Gasteiger partial charge on any atom is -0.353 e. The van der Waals surface area contributed by atoms with Crippen molar-refractivity contribution in [2.45, 2.75) is 110 Å². The first-order valence-electron chi connectivity index (χ1n) is 9.80. The molecule has 2 fully saturated rings. The second kappa shape index (κ2) is 7.55. The van der Waals surface area contributed by atoms with Crippen LogP contribution in [0.5, 0.6) is 0 Å². The van der Waals surface area contributed by atoms with Crippen LogP contribution in [0.25, 0.3) is 0 Å². The summed E-state index contributed by atoms with van der Waals surface area (Å²) in [4.78, 5) is 12.7. The molecule has 0 aromatic heterocycles. The minimum atomic E-state index is 0.0948. The van der Waals surface area contributed by atoms with Gasteiger partial charge < -0.3 is 10.6 Å². The number of carbonyl (C=O) groups excluding carboxylic acids is 1. The molecule has 23 heavy (non-hydrogen) atoms. The summed E-state index contributed by atoms with van der Waals surface area (Å²) in [6.45, 7) is 11.2. The van der Waals surface area contributed by atoms with Gasteiger partial charge in [-0.2, -0.15) is 0 Å². The molecule has 0 spiro atoms. The Labute approximate surface area is 143 Å². The van der Waals surface area contributed by atoms with Gasteiger partial charge in [-0.3, -0.25) is 4.79 Å². The first-order valence-corrected chi connectivity index (χ1v) is 9.80. The molecule has 0 radical (unpaired) electrons. The van der Waals surface area contributed by atoms with Gasteiger partial charge in [-0.1, -0.05) is 26.2 Å². The third-order valence-corrected chi connectivity index (χ3v) is 5.72. The third kappa shape index (κ3) is 5.77. The third-order valence-electron chi connectivity index (χ3n) is 5.72. The second-order valence-corrected chi connectivity index (χ2v) is 9.37. The summed E-state index contributed by atoms with van der Waals surface area (Å²) in [5.74, 6) is 1.45. The van der Waals surface area contributed by atoms with Crippen molar-refractivity contribution in [3.05, 3.63) is 0 Å². The van der Waals surface area contributed by atoms with Gasteiger partial charge in [0.25, 0.3) is 0 Å². The van der Waals surface area contributed by atoms with Crippen molar-refractivity contribution in [1.29, 1.82) is 0 Å². The van der Waals surface area contributed by atoms with Crippen molar-refractivity contribution >= 4 is 5.91 Å². The van der Waals surface area contributed by atoms with E-state index in [2.05, 4.69) is 45.3 Å². The van der Waals surface area contributed by atoms with E-state index in [1.807, 2.05) is 0 Å². The Balaban J connectivity index is 1.81. The lowest BCUT2D eigenvalue weighted by Crippen LogP contribution is -2.62. The Hall–Kier alpha value is -0.570. The number of carbonyl (C=O) groups is 1. The van der Waals surface area contributed by atoms with E-state index in [0.717, 1.165) is 31.6 Å². The van der Waals surface area contributed by atoms with Crippen molar-refractivity contribution in [2.75, 3.05) is 0 Å². The Kier molecular flexibility index (Phi) is 6.16. The van der Waals surface area contributed by atoms with Gasteiger partial charge in [0, 0.05) is 23.0 Å². The molecule has 3 nitrogen and oxygen atoms in total. The summed E-state index contributed by atoms with van der Waals surface area (Å²) >= 11 is 0. The van der Waals surface area contributed by atoms with Crippen LogP contribution in [-0.4, -0.2) is 23.0 Å². The van der Waals surface area contributed by atoms with Crippen molar-refractivity contribution < 1.29 is 4.79 Å². The fraction of sp³-hybridized carbons (Fsp3) is 0.950. The number of piperidine rings is 1. The molecule has 2 rings (SSSR count). The molecule has 0 aromatic rings. The zero-order valence-corrected chi connectivity index (χ0v) is 16.0. The van der Waals surface area contributed by atoms with Crippen LogP contribution in [0.15, 0.2) is 0 Å². The summed E-state index contributed by atoms with van der Waals surface area (Å²) in [6.07, 6.45) is 10.7. The van der Waals surface area contributed by atoms with E-state index in [1.165, 1.54) is 32.1 Å². The lowest BCUT2D eigenvalue weighted by Gasteiger charge is -2.47. The first-order chi connectivity index (χ1) is 10.7. The molecule has 134 valence electrons. The Morgan fingerprint density at radius 3 is 2.13 bits per heavy atom. The van der Waals surface area contributed by atoms with E-state index >= 15 is 0 Å². The van der Waals surface area contributed by atoms with Crippen molar-refractivity contribution in [2.24, 2.45) is 11.8 Å². The van der Waals surface area contributed by atoms with Gasteiger partial charge in [0.05, 0.1) is 0 Å². The van der Waals surface area contributed by atoms with Crippen LogP contribution in [0, 0.1) is 11.8 Å². The number of amides is 1. The summed E-state index contributed by atoms with van der Waals surface area (Å²) in [5, 5.41) is 7.07. The maximum Gasteiger partial charge on any atom is 0.223 e. The Bertz CT molecular complexity index is 378. The van der Waals surface area contributed by atoms with Gasteiger partial charge in [-0.15, -0.1) is 0 Å². The molecule has 1 aliphatic carbocycles. The summed E-state index contributed by atoms with van der Waals surface area (Å²) in [6, 6.07) is 0.312. The molecule has 1 aliphatic heterocycles. The minimum absolute atomic E-state index is 0.0948.